The Morgan fingerprint density at radius 3 is 2.75 bits per heavy atom. The predicted octanol–water partition coefficient (Wildman–Crippen LogP) is 3.28. The van der Waals surface area contributed by atoms with E-state index >= 15 is 0 Å². The maximum atomic E-state index is 5.87. The second kappa shape index (κ2) is 5.51. The first-order chi connectivity index (χ1) is 9.74. The van der Waals surface area contributed by atoms with Crippen molar-refractivity contribution >= 4 is 28.5 Å². The Morgan fingerprint density at radius 2 is 1.95 bits per heavy atom. The minimum atomic E-state index is 0.767. The van der Waals surface area contributed by atoms with E-state index in [-0.39, 0.29) is 0 Å². The highest BCUT2D eigenvalue weighted by Gasteiger charge is 2.05. The number of rotatable bonds is 4. The standard InChI is InChI=1S/C15H15ClN4/c1-20-9-7-13-14(18-10-19-15(13)20)17-8-6-11-2-4-12(16)5-3-11/h2-5,7,9-10H,6,8H2,1H3,(H,17,18,19). The van der Waals surface area contributed by atoms with Gasteiger partial charge in [0.15, 0.2) is 0 Å². The first-order valence-corrected chi connectivity index (χ1v) is 6.86. The highest BCUT2D eigenvalue weighted by atomic mass is 35.5. The summed E-state index contributed by atoms with van der Waals surface area (Å²) in [7, 11) is 1.98. The Hall–Kier alpha value is -2.07. The molecule has 0 aliphatic heterocycles. The van der Waals surface area contributed by atoms with Crippen LogP contribution in [0.2, 0.25) is 5.02 Å². The van der Waals surface area contributed by atoms with Gasteiger partial charge in [0.2, 0.25) is 0 Å². The molecule has 0 amide bonds. The molecule has 1 aromatic carbocycles. The van der Waals surface area contributed by atoms with Gasteiger partial charge in [0.05, 0.1) is 5.39 Å². The molecule has 0 aliphatic rings. The first kappa shape index (κ1) is 12.9. The normalized spacial score (nSPS) is 10.9. The van der Waals surface area contributed by atoms with Crippen molar-refractivity contribution in [3.05, 3.63) is 53.4 Å². The Balaban J connectivity index is 1.69. The van der Waals surface area contributed by atoms with E-state index in [0.29, 0.717) is 0 Å². The van der Waals surface area contributed by atoms with Crippen LogP contribution in [0.4, 0.5) is 5.82 Å². The monoisotopic (exact) mass is 286 g/mol. The van der Waals surface area contributed by atoms with Crippen molar-refractivity contribution in [3.63, 3.8) is 0 Å². The molecule has 0 saturated heterocycles. The lowest BCUT2D eigenvalue weighted by Crippen LogP contribution is -2.07. The summed E-state index contributed by atoms with van der Waals surface area (Å²) >= 11 is 5.87. The van der Waals surface area contributed by atoms with Crippen LogP contribution in [-0.4, -0.2) is 21.1 Å². The van der Waals surface area contributed by atoms with Crippen molar-refractivity contribution in [2.45, 2.75) is 6.42 Å². The number of hydrogen-bond acceptors (Lipinski definition) is 3. The van der Waals surface area contributed by atoms with Crippen LogP contribution in [0.15, 0.2) is 42.9 Å². The summed E-state index contributed by atoms with van der Waals surface area (Å²) in [5, 5.41) is 5.18. The van der Waals surface area contributed by atoms with Gasteiger partial charge in [-0.25, -0.2) is 9.97 Å². The Kier molecular flexibility index (Phi) is 3.56. The van der Waals surface area contributed by atoms with Crippen molar-refractivity contribution in [1.82, 2.24) is 14.5 Å². The fourth-order valence-electron chi connectivity index (χ4n) is 2.19. The van der Waals surface area contributed by atoms with Crippen LogP contribution in [0.3, 0.4) is 0 Å². The molecule has 20 heavy (non-hydrogen) atoms. The number of aryl methyl sites for hydroxylation is 1. The SMILES string of the molecule is Cn1ccc2c(NCCc3ccc(Cl)cc3)ncnc21. The van der Waals surface area contributed by atoms with Crippen molar-refractivity contribution in [2.24, 2.45) is 7.05 Å². The van der Waals surface area contributed by atoms with Crippen molar-refractivity contribution < 1.29 is 0 Å². The molecule has 0 bridgehead atoms. The third-order valence-corrected chi connectivity index (χ3v) is 3.53. The minimum Gasteiger partial charge on any atom is -0.369 e. The van der Waals surface area contributed by atoms with Gasteiger partial charge in [-0.1, -0.05) is 23.7 Å². The van der Waals surface area contributed by atoms with E-state index in [9.17, 15) is 0 Å². The van der Waals surface area contributed by atoms with Crippen LogP contribution in [0.1, 0.15) is 5.56 Å². The van der Waals surface area contributed by atoms with Gasteiger partial charge in [-0.3, -0.25) is 0 Å². The predicted molar refractivity (Wildman–Crippen MR) is 82.2 cm³/mol. The molecule has 0 spiro atoms. The zero-order chi connectivity index (χ0) is 13.9. The molecule has 5 heteroatoms. The van der Waals surface area contributed by atoms with Crippen LogP contribution >= 0.6 is 11.6 Å². The molecule has 0 unspecified atom stereocenters. The number of anilines is 1. The van der Waals surface area contributed by atoms with Crippen molar-refractivity contribution in [2.75, 3.05) is 11.9 Å². The van der Waals surface area contributed by atoms with Gasteiger partial charge < -0.3 is 9.88 Å². The van der Waals surface area contributed by atoms with Crippen LogP contribution in [0.5, 0.6) is 0 Å². The number of benzene rings is 1. The second-order valence-electron chi connectivity index (χ2n) is 4.69. The van der Waals surface area contributed by atoms with Gasteiger partial charge in [0.25, 0.3) is 0 Å². The number of fused-ring (bicyclic) bond motifs is 1. The fraction of sp³-hybridized carbons (Fsp3) is 0.200. The molecule has 4 nitrogen and oxygen atoms in total. The quantitative estimate of drug-likeness (QED) is 0.800. The third kappa shape index (κ3) is 2.60. The molecule has 0 fully saturated rings. The molecule has 3 rings (SSSR count). The summed E-state index contributed by atoms with van der Waals surface area (Å²) in [6, 6.07) is 9.94. The number of nitrogens with one attached hydrogen (secondary N) is 1. The Labute approximate surface area is 122 Å². The highest BCUT2D eigenvalue weighted by Crippen LogP contribution is 2.19. The van der Waals surface area contributed by atoms with Gasteiger partial charge >= 0.3 is 0 Å². The van der Waals surface area contributed by atoms with Crippen molar-refractivity contribution in [3.8, 4) is 0 Å². The lowest BCUT2D eigenvalue weighted by molar-refractivity contribution is 0.941. The van der Waals surface area contributed by atoms with Gasteiger partial charge in [-0.2, -0.15) is 0 Å². The summed E-state index contributed by atoms with van der Waals surface area (Å²) in [4.78, 5) is 8.58. The molecule has 2 heterocycles. The molecule has 1 N–H and O–H groups in total. The second-order valence-corrected chi connectivity index (χ2v) is 5.13. The largest absolute Gasteiger partial charge is 0.369 e. The summed E-state index contributed by atoms with van der Waals surface area (Å²) in [6.07, 6.45) is 4.51. The summed E-state index contributed by atoms with van der Waals surface area (Å²) in [5.74, 6) is 0.879. The fourth-order valence-corrected chi connectivity index (χ4v) is 2.32. The van der Waals surface area contributed by atoms with E-state index in [2.05, 4.69) is 15.3 Å². The molecule has 0 saturated carbocycles. The molecule has 0 atom stereocenters. The van der Waals surface area contributed by atoms with Crippen LogP contribution < -0.4 is 5.32 Å². The average molecular weight is 287 g/mol. The molecule has 102 valence electrons. The van der Waals surface area contributed by atoms with E-state index in [1.54, 1.807) is 6.33 Å². The zero-order valence-corrected chi connectivity index (χ0v) is 11.9. The highest BCUT2D eigenvalue weighted by molar-refractivity contribution is 6.30. The lowest BCUT2D eigenvalue weighted by atomic mass is 10.1. The maximum absolute atomic E-state index is 5.87. The maximum Gasteiger partial charge on any atom is 0.145 e. The van der Waals surface area contributed by atoms with Gasteiger partial charge in [0, 0.05) is 24.8 Å². The molecule has 3 aromatic rings. The smallest absolute Gasteiger partial charge is 0.145 e. The zero-order valence-electron chi connectivity index (χ0n) is 11.2. The Morgan fingerprint density at radius 1 is 1.15 bits per heavy atom. The van der Waals surface area contributed by atoms with Crippen LogP contribution in [0.25, 0.3) is 11.0 Å². The van der Waals surface area contributed by atoms with Gasteiger partial charge in [0.1, 0.15) is 17.8 Å². The van der Waals surface area contributed by atoms with E-state index in [4.69, 9.17) is 11.6 Å². The number of nitrogens with zero attached hydrogens (tertiary/aromatic N) is 3. The van der Waals surface area contributed by atoms with Crippen LogP contribution in [-0.2, 0) is 13.5 Å². The summed E-state index contributed by atoms with van der Waals surface area (Å²) < 4.78 is 1.99. The van der Waals surface area contributed by atoms with E-state index in [1.165, 1.54) is 5.56 Å². The molecule has 0 radical (unpaired) electrons. The van der Waals surface area contributed by atoms with Gasteiger partial charge in [-0.05, 0) is 30.2 Å². The summed E-state index contributed by atoms with van der Waals surface area (Å²) in [5.41, 5.74) is 2.19. The lowest BCUT2D eigenvalue weighted by Gasteiger charge is -2.07. The molecular formula is C15H15ClN4. The molecule has 2 aromatic heterocycles. The molecular weight excluding hydrogens is 272 g/mol. The minimum absolute atomic E-state index is 0.767. The number of halogens is 1. The van der Waals surface area contributed by atoms with E-state index in [0.717, 1.165) is 34.8 Å². The Bertz CT molecular complexity index is 718. The number of hydrogen-bond donors (Lipinski definition) is 1. The first-order valence-electron chi connectivity index (χ1n) is 6.48. The summed E-state index contributed by atoms with van der Waals surface area (Å²) in [6.45, 7) is 0.822. The third-order valence-electron chi connectivity index (χ3n) is 3.28. The van der Waals surface area contributed by atoms with E-state index in [1.807, 2.05) is 48.1 Å². The van der Waals surface area contributed by atoms with E-state index < -0.39 is 0 Å². The average Bonchev–Trinajstić information content (AvgIpc) is 2.84. The molecule has 0 aliphatic carbocycles. The number of aromatic nitrogens is 3. The van der Waals surface area contributed by atoms with Crippen molar-refractivity contribution in [1.29, 1.82) is 0 Å². The topological polar surface area (TPSA) is 42.7 Å². The van der Waals surface area contributed by atoms with Crippen LogP contribution in [0, 0.1) is 0 Å². The van der Waals surface area contributed by atoms with Gasteiger partial charge in [-0.15, -0.1) is 0 Å².